The molecule has 2 heterocycles. The summed E-state index contributed by atoms with van der Waals surface area (Å²) in [6.07, 6.45) is 2.37. The van der Waals surface area contributed by atoms with Gasteiger partial charge in [0.05, 0.1) is 5.69 Å². The third-order valence-electron chi connectivity index (χ3n) is 5.38. The molecule has 0 fully saturated rings. The SMILES string of the molecule is Cc1cccc(F)c1Oc1nc(C[C@@H](C)c2ccccc2)cc(-c2ccc(=O)n(C)c2)n1. The predicted molar refractivity (Wildman–Crippen MR) is 122 cm³/mol. The second-order valence-electron chi connectivity index (χ2n) is 7.90. The van der Waals surface area contributed by atoms with E-state index in [1.165, 1.54) is 22.3 Å². The van der Waals surface area contributed by atoms with Gasteiger partial charge in [0.15, 0.2) is 11.6 Å². The van der Waals surface area contributed by atoms with Gasteiger partial charge >= 0.3 is 6.01 Å². The van der Waals surface area contributed by atoms with E-state index in [0.29, 0.717) is 17.7 Å². The van der Waals surface area contributed by atoms with Crippen molar-refractivity contribution >= 4 is 0 Å². The van der Waals surface area contributed by atoms with Gasteiger partial charge in [-0.2, -0.15) is 9.97 Å². The topological polar surface area (TPSA) is 57.0 Å². The van der Waals surface area contributed by atoms with Gasteiger partial charge in [0, 0.05) is 30.6 Å². The molecule has 0 N–H and O–H groups in total. The number of ether oxygens (including phenoxy) is 1. The molecule has 32 heavy (non-hydrogen) atoms. The van der Waals surface area contributed by atoms with Gasteiger partial charge in [0.25, 0.3) is 0 Å². The summed E-state index contributed by atoms with van der Waals surface area (Å²) in [6, 6.07) is 20.1. The number of pyridine rings is 1. The highest BCUT2D eigenvalue weighted by molar-refractivity contribution is 5.58. The molecule has 0 aliphatic heterocycles. The Labute approximate surface area is 186 Å². The van der Waals surface area contributed by atoms with Gasteiger partial charge in [-0.25, -0.2) is 4.39 Å². The van der Waals surface area contributed by atoms with E-state index in [1.807, 2.05) is 24.3 Å². The first-order chi connectivity index (χ1) is 15.4. The summed E-state index contributed by atoms with van der Waals surface area (Å²) in [5.41, 5.74) is 3.86. The van der Waals surface area contributed by atoms with Crippen LogP contribution < -0.4 is 10.3 Å². The molecule has 4 rings (SSSR count). The van der Waals surface area contributed by atoms with E-state index in [0.717, 1.165) is 11.3 Å². The zero-order chi connectivity index (χ0) is 22.7. The van der Waals surface area contributed by atoms with Crippen molar-refractivity contribution in [1.29, 1.82) is 0 Å². The number of hydrogen-bond donors (Lipinski definition) is 0. The minimum Gasteiger partial charge on any atom is -0.421 e. The van der Waals surface area contributed by atoms with Crippen LogP contribution in [0.3, 0.4) is 0 Å². The van der Waals surface area contributed by atoms with Gasteiger partial charge in [-0.15, -0.1) is 0 Å². The maximum absolute atomic E-state index is 14.4. The molecule has 0 amide bonds. The van der Waals surface area contributed by atoms with Gasteiger partial charge < -0.3 is 9.30 Å². The quantitative estimate of drug-likeness (QED) is 0.410. The maximum Gasteiger partial charge on any atom is 0.322 e. The summed E-state index contributed by atoms with van der Waals surface area (Å²) in [5, 5.41) is 0. The van der Waals surface area contributed by atoms with E-state index in [9.17, 15) is 9.18 Å². The lowest BCUT2D eigenvalue weighted by Gasteiger charge is -2.14. The van der Waals surface area contributed by atoms with E-state index in [2.05, 4.69) is 29.0 Å². The van der Waals surface area contributed by atoms with E-state index < -0.39 is 5.82 Å². The Morgan fingerprint density at radius 2 is 1.81 bits per heavy atom. The van der Waals surface area contributed by atoms with Crippen LogP contribution in [0, 0.1) is 12.7 Å². The average molecular weight is 429 g/mol. The Morgan fingerprint density at radius 3 is 2.53 bits per heavy atom. The number of rotatable bonds is 6. The van der Waals surface area contributed by atoms with Gasteiger partial charge in [-0.1, -0.05) is 49.4 Å². The van der Waals surface area contributed by atoms with Crippen LogP contribution in [0.25, 0.3) is 11.3 Å². The molecule has 4 aromatic rings. The first kappa shape index (κ1) is 21.4. The minimum atomic E-state index is -0.472. The lowest BCUT2D eigenvalue weighted by molar-refractivity contribution is 0.406. The molecular formula is C26H24FN3O2. The molecule has 0 saturated heterocycles. The molecule has 0 unspecified atom stereocenters. The molecule has 162 valence electrons. The van der Waals surface area contributed by atoms with Crippen molar-refractivity contribution in [3.05, 3.63) is 106 Å². The molecule has 0 bridgehead atoms. The summed E-state index contributed by atoms with van der Waals surface area (Å²) in [4.78, 5) is 20.9. The van der Waals surface area contributed by atoms with Gasteiger partial charge in [-0.05, 0) is 48.6 Å². The Kier molecular flexibility index (Phi) is 6.12. The first-order valence-corrected chi connectivity index (χ1v) is 10.4. The van der Waals surface area contributed by atoms with Crippen molar-refractivity contribution < 1.29 is 9.13 Å². The smallest absolute Gasteiger partial charge is 0.322 e. The van der Waals surface area contributed by atoms with Crippen molar-refractivity contribution in [3.63, 3.8) is 0 Å². The first-order valence-electron chi connectivity index (χ1n) is 10.4. The summed E-state index contributed by atoms with van der Waals surface area (Å²) in [6.45, 7) is 3.90. The number of benzene rings is 2. The highest BCUT2D eigenvalue weighted by Gasteiger charge is 2.15. The van der Waals surface area contributed by atoms with Crippen LogP contribution >= 0.6 is 0 Å². The average Bonchev–Trinajstić information content (AvgIpc) is 2.78. The zero-order valence-corrected chi connectivity index (χ0v) is 18.2. The van der Waals surface area contributed by atoms with Crippen molar-refractivity contribution in [2.24, 2.45) is 7.05 Å². The largest absolute Gasteiger partial charge is 0.421 e. The van der Waals surface area contributed by atoms with E-state index >= 15 is 0 Å². The second kappa shape index (κ2) is 9.14. The predicted octanol–water partition coefficient (Wildman–Crippen LogP) is 5.43. The molecule has 0 spiro atoms. The molecule has 0 aliphatic rings. The van der Waals surface area contributed by atoms with Crippen molar-refractivity contribution in [3.8, 4) is 23.0 Å². The van der Waals surface area contributed by atoms with Gasteiger partial charge in [0.1, 0.15) is 0 Å². The molecule has 0 saturated carbocycles. The monoisotopic (exact) mass is 429 g/mol. The molecular weight excluding hydrogens is 405 g/mol. The lowest BCUT2D eigenvalue weighted by Crippen LogP contribution is -2.14. The highest BCUT2D eigenvalue weighted by atomic mass is 19.1. The van der Waals surface area contributed by atoms with Crippen LogP contribution in [-0.2, 0) is 13.5 Å². The normalized spacial score (nSPS) is 11.9. The molecule has 2 aromatic heterocycles. The number of nitrogens with zero attached hydrogens (tertiary/aromatic N) is 3. The summed E-state index contributed by atoms with van der Waals surface area (Å²) >= 11 is 0. The number of aryl methyl sites for hydroxylation is 2. The van der Waals surface area contributed by atoms with Gasteiger partial charge in [0.2, 0.25) is 5.56 Å². The zero-order valence-electron chi connectivity index (χ0n) is 18.2. The van der Waals surface area contributed by atoms with Crippen LogP contribution in [0.4, 0.5) is 4.39 Å². The van der Waals surface area contributed by atoms with Crippen molar-refractivity contribution in [2.75, 3.05) is 0 Å². The van der Waals surface area contributed by atoms with Crippen LogP contribution in [-0.4, -0.2) is 14.5 Å². The van der Waals surface area contributed by atoms with Crippen LogP contribution in [0.2, 0.25) is 0 Å². The van der Waals surface area contributed by atoms with Crippen molar-refractivity contribution in [2.45, 2.75) is 26.2 Å². The molecule has 6 heteroatoms. The summed E-state index contributed by atoms with van der Waals surface area (Å²) in [7, 11) is 1.69. The fraction of sp³-hybridized carbons (Fsp3) is 0.192. The molecule has 5 nitrogen and oxygen atoms in total. The maximum atomic E-state index is 14.4. The number of halogens is 1. The summed E-state index contributed by atoms with van der Waals surface area (Å²) < 4.78 is 21.7. The Balaban J connectivity index is 1.75. The minimum absolute atomic E-state index is 0.0693. The number of aromatic nitrogens is 3. The van der Waals surface area contributed by atoms with E-state index in [-0.39, 0.29) is 23.2 Å². The van der Waals surface area contributed by atoms with Crippen LogP contribution in [0.5, 0.6) is 11.8 Å². The fourth-order valence-electron chi connectivity index (χ4n) is 3.57. The lowest BCUT2D eigenvalue weighted by atomic mass is 9.96. The Bertz CT molecular complexity index is 1280. The molecule has 2 aromatic carbocycles. The number of hydrogen-bond acceptors (Lipinski definition) is 4. The third kappa shape index (κ3) is 4.75. The Hall–Kier alpha value is -3.80. The summed E-state index contributed by atoms with van der Waals surface area (Å²) in [5.74, 6) is -0.158. The Morgan fingerprint density at radius 1 is 1.03 bits per heavy atom. The third-order valence-corrected chi connectivity index (χ3v) is 5.38. The van der Waals surface area contributed by atoms with Gasteiger partial charge in [-0.3, -0.25) is 4.79 Å². The van der Waals surface area contributed by atoms with Crippen LogP contribution in [0.15, 0.2) is 77.7 Å². The second-order valence-corrected chi connectivity index (χ2v) is 7.90. The fourth-order valence-corrected chi connectivity index (χ4v) is 3.57. The van der Waals surface area contributed by atoms with Crippen LogP contribution in [0.1, 0.15) is 29.7 Å². The number of para-hydroxylation sites is 1. The van der Waals surface area contributed by atoms with E-state index in [1.54, 1.807) is 38.4 Å². The standard InChI is InChI=1S/C26H24FN3O2/c1-17-8-7-11-22(27)25(17)32-26-28-21(14-18(2)19-9-5-4-6-10-19)15-23(29-26)20-12-13-24(31)30(3)16-20/h4-13,15-16,18H,14H2,1-3H3/t18-/m1/s1. The molecule has 1 atom stereocenters. The highest BCUT2D eigenvalue weighted by Crippen LogP contribution is 2.29. The van der Waals surface area contributed by atoms with Crippen molar-refractivity contribution in [1.82, 2.24) is 14.5 Å². The molecule has 0 aliphatic carbocycles. The molecule has 0 radical (unpaired) electrons. The van der Waals surface area contributed by atoms with E-state index in [4.69, 9.17) is 4.74 Å².